The first-order chi connectivity index (χ1) is 6.92. The van der Waals surface area contributed by atoms with Gasteiger partial charge in [-0.2, -0.15) is 0 Å². The van der Waals surface area contributed by atoms with Gasteiger partial charge in [-0.15, -0.1) is 0 Å². The second-order valence-electron chi connectivity index (χ2n) is 1.52. The number of hydrogen-bond donors (Lipinski definition) is 2. The molecule has 0 heterocycles. The highest BCUT2D eigenvalue weighted by molar-refractivity contribution is 5.80. The van der Waals surface area contributed by atoms with Gasteiger partial charge in [-0.25, -0.2) is 0 Å². The summed E-state index contributed by atoms with van der Waals surface area (Å²) in [6.07, 6.45) is -6.60. The molecule has 0 fully saturated rings. The predicted octanol–water partition coefficient (Wildman–Crippen LogP) is -1.25. The number of ether oxygens (including phenoxy) is 1. The van der Waals surface area contributed by atoms with Crippen LogP contribution in [0.4, 0.5) is 0 Å². The van der Waals surface area contributed by atoms with Gasteiger partial charge in [0, 0.05) is 11.9 Å². The number of nitrogens with two attached hydrogens (primary N) is 2. The lowest BCUT2D eigenvalue weighted by molar-refractivity contribution is -0.140. The zero-order valence-corrected chi connectivity index (χ0v) is 5.88. The van der Waals surface area contributed by atoms with E-state index in [1.54, 1.807) is 0 Å². The molecule has 4 N–H and O–H groups in total. The zero-order valence-electron chi connectivity index (χ0n) is 10.9. The van der Waals surface area contributed by atoms with Crippen molar-refractivity contribution in [3.8, 4) is 0 Å². The Balaban J connectivity index is 5.51. The summed E-state index contributed by atoms with van der Waals surface area (Å²) in [4.78, 5) is 21.8. The largest absolute Gasteiger partial charge is 0.469 e. The van der Waals surface area contributed by atoms with Crippen molar-refractivity contribution in [1.29, 1.82) is 0 Å². The molecule has 0 unspecified atom stereocenters. The van der Waals surface area contributed by atoms with E-state index in [1.807, 2.05) is 0 Å². The van der Waals surface area contributed by atoms with Gasteiger partial charge >= 0.3 is 5.97 Å². The minimum absolute atomic E-state index is 0.836. The van der Waals surface area contributed by atoms with E-state index >= 15 is 0 Å². The molecule has 0 spiro atoms. The number of methoxy groups -OCH3 is 1. The average Bonchev–Trinajstić information content (AvgIpc) is 2.15. The van der Waals surface area contributed by atoms with Gasteiger partial charge < -0.3 is 16.2 Å². The van der Waals surface area contributed by atoms with Gasteiger partial charge in [0.25, 0.3) is 0 Å². The highest BCUT2D eigenvalue weighted by atomic mass is 16.5. The maximum Gasteiger partial charge on any atom is 0.305 e. The first-order valence-corrected chi connectivity index (χ1v) is 2.60. The van der Waals surface area contributed by atoms with Crippen LogP contribution < -0.4 is 11.5 Å². The van der Waals surface area contributed by atoms with E-state index < -0.39 is 30.6 Å². The lowest BCUT2D eigenvalue weighted by Crippen LogP contribution is -2.36. The van der Waals surface area contributed by atoms with Crippen LogP contribution in [0.15, 0.2) is 0 Å². The highest BCUT2D eigenvalue weighted by Gasteiger charge is 2.11. The van der Waals surface area contributed by atoms with E-state index in [0.29, 0.717) is 0 Å². The third-order valence-corrected chi connectivity index (χ3v) is 0.750. The number of carbonyl (C=O) groups excluding carboxylic acids is 2. The first kappa shape index (κ1) is 4.06. The molecule has 0 radical (unpaired) electrons. The van der Waals surface area contributed by atoms with Gasteiger partial charge in [0.15, 0.2) is 0 Å². The van der Waals surface area contributed by atoms with Crippen LogP contribution in [0.25, 0.3) is 0 Å². The van der Waals surface area contributed by atoms with Gasteiger partial charge in [0.1, 0.15) is 0 Å². The molecule has 5 nitrogen and oxygen atoms in total. The molecule has 5 heteroatoms. The molecule has 0 aliphatic heterocycles. The maximum absolute atomic E-state index is 11.0. The molecule has 64 valence electrons. The van der Waals surface area contributed by atoms with Gasteiger partial charge in [-0.3, -0.25) is 9.59 Å². The summed E-state index contributed by atoms with van der Waals surface area (Å²) in [7, 11) is 0.836. The van der Waals surface area contributed by atoms with Crippen molar-refractivity contribution in [2.75, 3.05) is 7.11 Å². The van der Waals surface area contributed by atoms with Crippen molar-refractivity contribution in [2.24, 2.45) is 11.5 Å². The summed E-state index contributed by atoms with van der Waals surface area (Å²) in [5, 5.41) is 0. The molecule has 0 aliphatic rings. The van der Waals surface area contributed by atoms with Crippen molar-refractivity contribution >= 4 is 11.9 Å². The molecule has 0 aromatic heterocycles. The van der Waals surface area contributed by atoms with Crippen LogP contribution >= 0.6 is 0 Å². The number of primary amides is 1. The van der Waals surface area contributed by atoms with Crippen LogP contribution in [-0.2, 0) is 14.3 Å². The summed E-state index contributed by atoms with van der Waals surface area (Å²) < 4.78 is 40.2. The fourth-order valence-electron chi connectivity index (χ4n) is 0.231. The Kier molecular flexibility index (Phi) is 1.72. The molecule has 0 saturated carbocycles. The van der Waals surface area contributed by atoms with E-state index in [9.17, 15) is 9.59 Å². The fraction of sp³-hybridized carbons (Fsp3) is 0.667. The molecule has 1 atom stereocenters. The third-order valence-electron chi connectivity index (χ3n) is 0.750. The highest BCUT2D eigenvalue weighted by Crippen LogP contribution is 1.94. The molecular formula is C6H12N2O3. The SMILES string of the molecule is [2H]C([2H])(C(=O)OC)C([2H])([2H])[C@]([2H])(N)C(N)=O. The molecule has 0 bridgehead atoms. The van der Waals surface area contributed by atoms with Crippen LogP contribution in [0.1, 0.15) is 19.6 Å². The Hall–Kier alpha value is -1.10. The molecule has 1 amide bonds. The van der Waals surface area contributed by atoms with Gasteiger partial charge in [0.2, 0.25) is 5.91 Å². The van der Waals surface area contributed by atoms with Crippen molar-refractivity contribution in [1.82, 2.24) is 0 Å². The standard InChI is InChI=1S/C6H12N2O3/c1-11-5(9)3-2-4(7)6(8)10/h4H,2-3,7H2,1H3,(H2,8,10)/t4-/m0/s1/i2D2,3D2,4D. The molecule has 0 rings (SSSR count). The summed E-state index contributed by atoms with van der Waals surface area (Å²) >= 11 is 0. The van der Waals surface area contributed by atoms with Crippen molar-refractivity contribution in [3.63, 3.8) is 0 Å². The van der Waals surface area contributed by atoms with E-state index in [0.717, 1.165) is 7.11 Å². The third kappa shape index (κ3) is 4.32. The summed E-state index contributed by atoms with van der Waals surface area (Å²) in [6, 6.07) is -3.09. The number of rotatable bonds is 4. The Bertz CT molecular complexity index is 317. The normalized spacial score (nSPS) is 24.4. The Morgan fingerprint density at radius 3 is 2.73 bits per heavy atom. The lowest BCUT2D eigenvalue weighted by Gasteiger charge is -2.04. The molecule has 0 saturated heterocycles. The molecular weight excluding hydrogens is 148 g/mol. The van der Waals surface area contributed by atoms with E-state index in [4.69, 9.17) is 12.6 Å². The summed E-state index contributed by atoms with van der Waals surface area (Å²) in [5.41, 5.74) is 9.67. The van der Waals surface area contributed by atoms with Crippen molar-refractivity contribution < 1.29 is 21.2 Å². The molecule has 0 aromatic rings. The number of esters is 1. The lowest BCUT2D eigenvalue weighted by atomic mass is 10.1. The van der Waals surface area contributed by atoms with E-state index in [2.05, 4.69) is 10.5 Å². The monoisotopic (exact) mass is 165 g/mol. The van der Waals surface area contributed by atoms with Crippen LogP contribution in [0, 0.1) is 0 Å². The van der Waals surface area contributed by atoms with E-state index in [-0.39, 0.29) is 0 Å². The van der Waals surface area contributed by atoms with Gasteiger partial charge in [-0.05, 0) is 6.37 Å². The molecule has 0 aliphatic carbocycles. The summed E-state index contributed by atoms with van der Waals surface area (Å²) in [6.45, 7) is 0. The van der Waals surface area contributed by atoms with Gasteiger partial charge in [-0.1, -0.05) is 0 Å². The molecule has 0 aromatic carbocycles. The van der Waals surface area contributed by atoms with Crippen molar-refractivity contribution in [2.45, 2.75) is 18.8 Å². The minimum Gasteiger partial charge on any atom is -0.469 e. The quantitative estimate of drug-likeness (QED) is 0.509. The summed E-state index contributed by atoms with van der Waals surface area (Å²) in [5.74, 6) is -3.17. The second-order valence-corrected chi connectivity index (χ2v) is 1.52. The van der Waals surface area contributed by atoms with Gasteiger partial charge in [0.05, 0.1) is 14.5 Å². The van der Waals surface area contributed by atoms with Crippen LogP contribution in [0.3, 0.4) is 0 Å². The maximum atomic E-state index is 11.0. The van der Waals surface area contributed by atoms with Crippen LogP contribution in [0.2, 0.25) is 0 Å². The van der Waals surface area contributed by atoms with E-state index in [1.165, 1.54) is 0 Å². The van der Waals surface area contributed by atoms with Crippen molar-refractivity contribution in [3.05, 3.63) is 0 Å². The smallest absolute Gasteiger partial charge is 0.305 e. The number of amides is 1. The fourth-order valence-corrected chi connectivity index (χ4v) is 0.231. The number of hydrogen-bond acceptors (Lipinski definition) is 4. The second kappa shape index (κ2) is 4.68. The number of carbonyl (C=O) groups is 2. The van der Waals surface area contributed by atoms with Crippen LogP contribution in [0.5, 0.6) is 0 Å². The zero-order chi connectivity index (χ0) is 13.4. The predicted molar refractivity (Wildman–Crippen MR) is 38.4 cm³/mol. The first-order valence-electron chi connectivity index (χ1n) is 5.10. The average molecular weight is 165 g/mol. The Morgan fingerprint density at radius 2 is 2.36 bits per heavy atom. The van der Waals surface area contributed by atoms with Crippen LogP contribution in [-0.4, -0.2) is 25.0 Å². The topological polar surface area (TPSA) is 95.4 Å². The Morgan fingerprint density at radius 1 is 1.82 bits per heavy atom. The Labute approximate surface area is 71.7 Å². The minimum atomic E-state index is -3.33. The molecule has 11 heavy (non-hydrogen) atoms.